The SMILES string of the molecule is C=CC(=O)N(CC1(n2nc(-c3ccc4[nH]ncc4c3)c3c(N)ncnc32)CC1)c1ccccc1. The van der Waals surface area contributed by atoms with Gasteiger partial charge in [-0.2, -0.15) is 10.2 Å². The second kappa shape index (κ2) is 7.51. The van der Waals surface area contributed by atoms with Crippen LogP contribution in [0.25, 0.3) is 33.2 Å². The number of anilines is 2. The molecule has 0 radical (unpaired) electrons. The summed E-state index contributed by atoms with van der Waals surface area (Å²) in [7, 11) is 0. The quantitative estimate of drug-likeness (QED) is 0.381. The highest BCUT2D eigenvalue weighted by atomic mass is 16.2. The minimum atomic E-state index is -0.397. The maximum absolute atomic E-state index is 12.8. The Bertz CT molecular complexity index is 1550. The summed E-state index contributed by atoms with van der Waals surface area (Å²) < 4.78 is 1.93. The van der Waals surface area contributed by atoms with Crippen molar-refractivity contribution in [1.29, 1.82) is 0 Å². The van der Waals surface area contributed by atoms with Crippen molar-refractivity contribution in [2.45, 2.75) is 18.4 Å². The Morgan fingerprint density at radius 1 is 1.21 bits per heavy atom. The number of nitrogens with one attached hydrogen (secondary N) is 1. The monoisotopic (exact) mass is 450 g/mol. The molecule has 1 aliphatic rings. The van der Waals surface area contributed by atoms with Crippen LogP contribution in [-0.2, 0) is 10.3 Å². The number of rotatable bonds is 6. The molecule has 0 aliphatic heterocycles. The Kier molecular flexibility index (Phi) is 4.44. The van der Waals surface area contributed by atoms with Crippen LogP contribution in [-0.4, -0.2) is 42.4 Å². The molecule has 0 spiro atoms. The molecule has 2 aromatic carbocycles. The van der Waals surface area contributed by atoms with Crippen molar-refractivity contribution in [1.82, 2.24) is 29.9 Å². The average Bonchev–Trinajstić information content (AvgIpc) is 3.30. The van der Waals surface area contributed by atoms with Gasteiger partial charge in [0.1, 0.15) is 17.8 Å². The van der Waals surface area contributed by atoms with Gasteiger partial charge in [0.25, 0.3) is 0 Å². The first-order chi connectivity index (χ1) is 16.6. The zero-order valence-corrected chi connectivity index (χ0v) is 18.3. The van der Waals surface area contributed by atoms with Crippen molar-refractivity contribution < 1.29 is 4.79 Å². The number of nitrogen functional groups attached to an aromatic ring is 1. The van der Waals surface area contributed by atoms with Crippen molar-refractivity contribution in [3.63, 3.8) is 0 Å². The van der Waals surface area contributed by atoms with Crippen LogP contribution in [0.4, 0.5) is 11.5 Å². The van der Waals surface area contributed by atoms with Crippen LogP contribution in [0.1, 0.15) is 12.8 Å². The van der Waals surface area contributed by atoms with Gasteiger partial charge in [-0.25, -0.2) is 14.6 Å². The summed E-state index contributed by atoms with van der Waals surface area (Å²) in [6, 6.07) is 15.6. The van der Waals surface area contributed by atoms with Crippen molar-refractivity contribution >= 4 is 39.3 Å². The van der Waals surface area contributed by atoms with Gasteiger partial charge in [0, 0.05) is 16.6 Å². The highest BCUT2D eigenvalue weighted by molar-refractivity contribution is 6.02. The normalized spacial score (nSPS) is 14.4. The molecular weight excluding hydrogens is 428 g/mol. The second-order valence-electron chi connectivity index (χ2n) is 8.58. The van der Waals surface area contributed by atoms with Gasteiger partial charge in [-0.1, -0.05) is 30.8 Å². The number of amides is 1. The molecular formula is C25H22N8O. The summed E-state index contributed by atoms with van der Waals surface area (Å²) in [5.41, 5.74) is 9.95. The van der Waals surface area contributed by atoms with E-state index in [1.807, 2.05) is 53.2 Å². The number of H-pyrrole nitrogens is 1. The van der Waals surface area contributed by atoms with Crippen LogP contribution in [0.3, 0.4) is 0 Å². The van der Waals surface area contributed by atoms with E-state index in [0.717, 1.165) is 35.0 Å². The molecule has 1 aliphatic carbocycles. The lowest BCUT2D eigenvalue weighted by molar-refractivity contribution is -0.114. The molecule has 6 rings (SSSR count). The first-order valence-corrected chi connectivity index (χ1v) is 11.0. The Morgan fingerprint density at radius 2 is 2.03 bits per heavy atom. The second-order valence-corrected chi connectivity index (χ2v) is 8.58. The molecule has 3 N–H and O–H groups in total. The van der Waals surface area contributed by atoms with Crippen molar-refractivity contribution in [3.05, 3.63) is 73.7 Å². The zero-order valence-electron chi connectivity index (χ0n) is 18.3. The molecule has 0 unspecified atom stereocenters. The maximum Gasteiger partial charge on any atom is 0.250 e. The molecule has 9 nitrogen and oxygen atoms in total. The molecule has 9 heteroatoms. The molecule has 3 aromatic heterocycles. The summed E-state index contributed by atoms with van der Waals surface area (Å²) in [5.74, 6) is 0.213. The van der Waals surface area contributed by atoms with Gasteiger partial charge in [-0.3, -0.25) is 9.89 Å². The van der Waals surface area contributed by atoms with Gasteiger partial charge in [0.05, 0.1) is 29.2 Å². The summed E-state index contributed by atoms with van der Waals surface area (Å²) in [5, 5.41) is 13.8. The predicted octanol–water partition coefficient (Wildman–Crippen LogP) is 3.66. The van der Waals surface area contributed by atoms with E-state index in [1.165, 1.54) is 12.4 Å². The van der Waals surface area contributed by atoms with E-state index in [1.54, 1.807) is 11.1 Å². The fraction of sp³-hybridized carbons (Fsp3) is 0.160. The first-order valence-electron chi connectivity index (χ1n) is 11.0. The van der Waals surface area contributed by atoms with E-state index in [4.69, 9.17) is 10.8 Å². The van der Waals surface area contributed by atoms with Crippen LogP contribution < -0.4 is 10.6 Å². The van der Waals surface area contributed by atoms with Gasteiger partial charge in [0.15, 0.2) is 5.65 Å². The standard InChI is InChI=1S/C25H22N8O/c1-2-20(34)32(18-6-4-3-5-7-18)14-25(10-11-25)33-24-21(23(26)27-15-28-24)22(31-33)16-8-9-19-17(12-16)13-29-30-19/h2-9,12-13,15H,1,10-11,14H2,(H,29,30)(H2,26,27,28). The summed E-state index contributed by atoms with van der Waals surface area (Å²) in [6.07, 6.45) is 6.30. The molecule has 0 atom stereocenters. The van der Waals surface area contributed by atoms with Crippen molar-refractivity contribution in [2.24, 2.45) is 0 Å². The Labute approximate surface area is 194 Å². The molecule has 1 fully saturated rings. The zero-order chi connectivity index (χ0) is 23.3. The van der Waals surface area contributed by atoms with E-state index in [2.05, 4.69) is 26.7 Å². The summed E-state index contributed by atoms with van der Waals surface area (Å²) in [4.78, 5) is 23.3. The number of aromatic amines is 1. The first kappa shape index (κ1) is 20.1. The molecule has 34 heavy (non-hydrogen) atoms. The predicted molar refractivity (Wildman–Crippen MR) is 131 cm³/mol. The van der Waals surface area contributed by atoms with Crippen LogP contribution in [0, 0.1) is 0 Å². The minimum absolute atomic E-state index is 0.159. The van der Waals surface area contributed by atoms with Gasteiger partial charge in [0.2, 0.25) is 5.91 Å². The number of carbonyl (C=O) groups excluding carboxylic acids is 1. The van der Waals surface area contributed by atoms with E-state index >= 15 is 0 Å². The summed E-state index contributed by atoms with van der Waals surface area (Å²) in [6.45, 7) is 4.14. The van der Waals surface area contributed by atoms with E-state index in [9.17, 15) is 4.79 Å². The molecule has 1 amide bonds. The molecule has 5 aromatic rings. The highest BCUT2D eigenvalue weighted by Crippen LogP contribution is 2.47. The number of nitrogens with zero attached hydrogens (tertiary/aromatic N) is 6. The lowest BCUT2D eigenvalue weighted by atomic mass is 10.1. The molecule has 1 saturated carbocycles. The Balaban J connectivity index is 1.49. The van der Waals surface area contributed by atoms with Gasteiger partial charge < -0.3 is 10.6 Å². The summed E-state index contributed by atoms with van der Waals surface area (Å²) >= 11 is 0. The van der Waals surface area contributed by atoms with Crippen molar-refractivity contribution in [2.75, 3.05) is 17.2 Å². The third-order valence-corrected chi connectivity index (χ3v) is 6.45. The Hall–Kier alpha value is -4.53. The molecule has 0 saturated heterocycles. The smallest absolute Gasteiger partial charge is 0.250 e. The fourth-order valence-electron chi connectivity index (χ4n) is 4.49. The number of fused-ring (bicyclic) bond motifs is 2. The van der Waals surface area contributed by atoms with E-state index in [-0.39, 0.29) is 5.91 Å². The van der Waals surface area contributed by atoms with Gasteiger partial charge in [-0.15, -0.1) is 0 Å². The van der Waals surface area contributed by atoms with Gasteiger partial charge in [-0.05, 0) is 43.2 Å². The van der Waals surface area contributed by atoms with E-state index in [0.29, 0.717) is 29.1 Å². The lowest BCUT2D eigenvalue weighted by Gasteiger charge is -2.27. The lowest BCUT2D eigenvalue weighted by Crippen LogP contribution is -2.39. The van der Waals surface area contributed by atoms with E-state index < -0.39 is 5.54 Å². The highest BCUT2D eigenvalue weighted by Gasteiger charge is 2.49. The van der Waals surface area contributed by atoms with Crippen LogP contribution >= 0.6 is 0 Å². The number of benzene rings is 2. The van der Waals surface area contributed by atoms with Gasteiger partial charge >= 0.3 is 0 Å². The third kappa shape index (κ3) is 3.13. The number of nitrogens with two attached hydrogens (primary N) is 1. The maximum atomic E-state index is 12.8. The van der Waals surface area contributed by atoms with Crippen LogP contribution in [0.2, 0.25) is 0 Å². The number of hydrogen-bond acceptors (Lipinski definition) is 6. The van der Waals surface area contributed by atoms with Crippen molar-refractivity contribution in [3.8, 4) is 11.3 Å². The fourth-order valence-corrected chi connectivity index (χ4v) is 4.49. The number of aromatic nitrogens is 6. The average molecular weight is 451 g/mol. The topological polar surface area (TPSA) is 119 Å². The van der Waals surface area contributed by atoms with Crippen LogP contribution in [0.5, 0.6) is 0 Å². The third-order valence-electron chi connectivity index (χ3n) is 6.45. The van der Waals surface area contributed by atoms with Crippen LogP contribution in [0.15, 0.2) is 73.7 Å². The number of carbonyl (C=O) groups is 1. The number of para-hydroxylation sites is 1. The molecule has 3 heterocycles. The minimum Gasteiger partial charge on any atom is -0.383 e. The number of hydrogen-bond donors (Lipinski definition) is 2. The Morgan fingerprint density at radius 3 is 2.79 bits per heavy atom. The largest absolute Gasteiger partial charge is 0.383 e. The molecule has 0 bridgehead atoms. The molecule has 168 valence electrons.